The van der Waals surface area contributed by atoms with E-state index < -0.39 is 0 Å². The zero-order valence-corrected chi connectivity index (χ0v) is 15.6. The molecule has 0 saturated carbocycles. The van der Waals surface area contributed by atoms with Gasteiger partial charge in [-0.3, -0.25) is 4.79 Å². The second-order valence-electron chi connectivity index (χ2n) is 5.29. The topological polar surface area (TPSA) is 35.5 Å². The number of carbonyl (C=O) groups is 1. The predicted molar refractivity (Wildman–Crippen MR) is 93.6 cm³/mol. The molecule has 2 aromatic rings. The first kappa shape index (κ1) is 19.8. The van der Waals surface area contributed by atoms with Gasteiger partial charge in [0.25, 0.3) is 0 Å². The molecular weight excluding hydrogens is 302 g/mol. The number of aryl methyl sites for hydroxylation is 3. The second-order valence-corrected chi connectivity index (χ2v) is 6.54. The summed E-state index contributed by atoms with van der Waals surface area (Å²) in [6.45, 7) is 6.02. The Bertz CT molecular complexity index is 696. The molecule has 1 atom stereocenters. The molecule has 0 aliphatic carbocycles. The van der Waals surface area contributed by atoms with Crippen LogP contribution < -0.4 is 33.6 Å². The molecule has 0 aliphatic rings. The monoisotopic (exact) mass is 324 g/mol. The van der Waals surface area contributed by atoms with Crippen molar-refractivity contribution in [3.8, 4) is 11.5 Å². The number of benzene rings is 2. The molecule has 3 nitrogen and oxygen atoms in total. The van der Waals surface area contributed by atoms with Gasteiger partial charge in [-0.15, -0.1) is 0 Å². The van der Waals surface area contributed by atoms with E-state index in [-0.39, 0.29) is 34.4 Å². The van der Waals surface area contributed by atoms with Crippen LogP contribution in [0.25, 0.3) is 0 Å². The average Bonchev–Trinajstić information content (AvgIpc) is 2.46. The fourth-order valence-corrected chi connectivity index (χ4v) is 3.85. The molecule has 23 heavy (non-hydrogen) atoms. The minimum Gasteiger partial charge on any atom is -1.00 e. The van der Waals surface area contributed by atoms with Crippen LogP contribution in [0.5, 0.6) is 11.5 Å². The predicted octanol–water partition coefficient (Wildman–Crippen LogP) is 0.890. The van der Waals surface area contributed by atoms with E-state index in [1.54, 1.807) is 14.2 Å². The number of hydrogen-bond donors (Lipinski definition) is 0. The van der Waals surface area contributed by atoms with Crippen LogP contribution in [0.3, 0.4) is 0 Å². The van der Waals surface area contributed by atoms with E-state index in [0.29, 0.717) is 5.75 Å². The smallest absolute Gasteiger partial charge is 1.00 e. The molecule has 0 heterocycles. The maximum Gasteiger partial charge on any atom is 1.00 e. The van der Waals surface area contributed by atoms with Crippen molar-refractivity contribution in [2.24, 2.45) is 0 Å². The fourth-order valence-electron chi connectivity index (χ4n) is 2.62. The van der Waals surface area contributed by atoms with Crippen molar-refractivity contribution in [1.82, 2.24) is 0 Å². The number of methoxy groups -OCH3 is 2. The van der Waals surface area contributed by atoms with Crippen LogP contribution in [0.1, 0.15) is 28.5 Å². The minimum absolute atomic E-state index is 0. The molecule has 0 saturated heterocycles. The molecule has 0 radical (unpaired) electrons. The first-order chi connectivity index (χ1) is 10.5. The molecule has 5 heteroatoms. The Morgan fingerprint density at radius 2 is 1.61 bits per heavy atom. The second kappa shape index (κ2) is 8.55. The fraction of sp³-hybridized carbons (Fsp3) is 0.278. The van der Waals surface area contributed by atoms with E-state index in [9.17, 15) is 4.79 Å². The van der Waals surface area contributed by atoms with Crippen LogP contribution in [0, 0.1) is 20.8 Å². The van der Waals surface area contributed by atoms with Crippen molar-refractivity contribution in [1.29, 1.82) is 0 Å². The SMILES string of the molecule is COc1ccc(PC(=O)c2c(C)cc(C)cc2C)c(OC)c1.[H-].[Li+]. The summed E-state index contributed by atoms with van der Waals surface area (Å²) in [6, 6.07) is 9.66. The third-order valence-electron chi connectivity index (χ3n) is 3.56. The molecule has 0 bridgehead atoms. The maximum absolute atomic E-state index is 12.7. The number of hydrogen-bond acceptors (Lipinski definition) is 3. The Labute approximate surface area is 153 Å². The van der Waals surface area contributed by atoms with E-state index in [1.807, 2.05) is 39.0 Å². The standard InChI is InChI=1S/C18H21O3P.Li.H/c1-11-8-12(2)17(13(3)9-11)18(19)22-16-7-6-14(20-4)10-15(16)21-5;;/h6-10,22H,1-5H3;;/q;+1;-1. The van der Waals surface area contributed by atoms with Crippen molar-refractivity contribution in [3.05, 3.63) is 52.6 Å². The molecule has 118 valence electrons. The number of ether oxygens (including phenoxy) is 2. The van der Waals surface area contributed by atoms with Gasteiger partial charge in [0.05, 0.1) is 14.2 Å². The van der Waals surface area contributed by atoms with Crippen LogP contribution in [0.4, 0.5) is 0 Å². The van der Waals surface area contributed by atoms with Gasteiger partial charge in [-0.05, 0) is 52.6 Å². The first-order valence-corrected chi connectivity index (χ1v) is 8.07. The molecule has 2 rings (SSSR count). The van der Waals surface area contributed by atoms with Crippen molar-refractivity contribution < 1.29 is 34.6 Å². The van der Waals surface area contributed by atoms with Gasteiger partial charge in [0, 0.05) is 16.9 Å². The maximum atomic E-state index is 12.7. The van der Waals surface area contributed by atoms with Gasteiger partial charge in [0.15, 0.2) is 5.52 Å². The first-order valence-electron chi connectivity index (χ1n) is 7.07. The quantitative estimate of drug-likeness (QED) is 0.605. The largest absolute Gasteiger partial charge is 1.00 e. The van der Waals surface area contributed by atoms with Gasteiger partial charge in [-0.25, -0.2) is 0 Å². The Morgan fingerprint density at radius 3 is 2.13 bits per heavy atom. The van der Waals surface area contributed by atoms with Gasteiger partial charge in [0.1, 0.15) is 11.5 Å². The van der Waals surface area contributed by atoms with Gasteiger partial charge in [-0.2, -0.15) is 0 Å². The zero-order valence-electron chi connectivity index (χ0n) is 15.6. The van der Waals surface area contributed by atoms with Crippen LogP contribution in [-0.4, -0.2) is 19.7 Å². The summed E-state index contributed by atoms with van der Waals surface area (Å²) in [4.78, 5) is 12.7. The van der Waals surface area contributed by atoms with Crippen LogP contribution in [0.15, 0.2) is 30.3 Å². The van der Waals surface area contributed by atoms with E-state index >= 15 is 0 Å². The molecule has 0 spiro atoms. The van der Waals surface area contributed by atoms with Gasteiger partial charge < -0.3 is 10.9 Å². The third kappa shape index (κ3) is 4.61. The third-order valence-corrected chi connectivity index (χ3v) is 4.72. The summed E-state index contributed by atoms with van der Waals surface area (Å²) in [6.07, 6.45) is 0. The summed E-state index contributed by atoms with van der Waals surface area (Å²) in [5, 5.41) is 0.896. The van der Waals surface area contributed by atoms with Crippen molar-refractivity contribution >= 4 is 19.4 Å². The van der Waals surface area contributed by atoms with E-state index in [0.717, 1.165) is 27.7 Å². The Balaban J connectivity index is 0.00000264. The zero-order chi connectivity index (χ0) is 16.3. The molecule has 0 fully saturated rings. The summed E-state index contributed by atoms with van der Waals surface area (Å²) in [7, 11) is 3.25. The molecule has 0 aliphatic heterocycles. The summed E-state index contributed by atoms with van der Waals surface area (Å²) in [5.41, 5.74) is 4.20. The molecule has 0 aromatic heterocycles. The summed E-state index contributed by atoms with van der Waals surface area (Å²) in [5.74, 6) is 1.41. The van der Waals surface area contributed by atoms with Gasteiger partial charge >= 0.3 is 18.9 Å². The van der Waals surface area contributed by atoms with Crippen LogP contribution in [0.2, 0.25) is 0 Å². The van der Waals surface area contributed by atoms with Crippen molar-refractivity contribution in [2.45, 2.75) is 20.8 Å². The van der Waals surface area contributed by atoms with Crippen LogP contribution >= 0.6 is 8.58 Å². The minimum atomic E-state index is 0. The van der Waals surface area contributed by atoms with Crippen molar-refractivity contribution in [3.63, 3.8) is 0 Å². The molecule has 1 unspecified atom stereocenters. The normalized spacial score (nSPS) is 10.5. The summed E-state index contributed by atoms with van der Waals surface area (Å²) >= 11 is 0. The molecule has 0 amide bonds. The molecular formula is C18H22LiO3P. The Morgan fingerprint density at radius 1 is 1.00 bits per heavy atom. The van der Waals surface area contributed by atoms with E-state index in [1.165, 1.54) is 5.56 Å². The Hall–Kier alpha value is -1.26. The average molecular weight is 324 g/mol. The van der Waals surface area contributed by atoms with E-state index in [2.05, 4.69) is 12.1 Å². The van der Waals surface area contributed by atoms with Gasteiger partial charge in [0.2, 0.25) is 0 Å². The number of rotatable bonds is 5. The summed E-state index contributed by atoms with van der Waals surface area (Å²) < 4.78 is 10.6. The molecule has 0 N–H and O–H groups in total. The van der Waals surface area contributed by atoms with Crippen molar-refractivity contribution in [2.75, 3.05) is 14.2 Å². The number of carbonyl (C=O) groups excluding carboxylic acids is 1. The van der Waals surface area contributed by atoms with Gasteiger partial charge in [-0.1, -0.05) is 17.7 Å². The van der Waals surface area contributed by atoms with Crippen LogP contribution in [-0.2, 0) is 0 Å². The molecule has 2 aromatic carbocycles. The Kier molecular flexibility index (Phi) is 7.35. The van der Waals surface area contributed by atoms with E-state index in [4.69, 9.17) is 9.47 Å².